The van der Waals surface area contributed by atoms with E-state index < -0.39 is 0 Å². The van der Waals surface area contributed by atoms with Crippen molar-refractivity contribution in [2.24, 2.45) is 7.05 Å². The van der Waals surface area contributed by atoms with Gasteiger partial charge in [0.05, 0.1) is 16.2 Å². The van der Waals surface area contributed by atoms with E-state index in [9.17, 15) is 0 Å². The second-order valence-electron chi connectivity index (χ2n) is 3.64. The summed E-state index contributed by atoms with van der Waals surface area (Å²) in [6.07, 6.45) is 7.68. The Kier molecular flexibility index (Phi) is 3.77. The first-order chi connectivity index (χ1) is 8.15. The van der Waals surface area contributed by atoms with E-state index in [1.807, 2.05) is 43.6 Å². The van der Waals surface area contributed by atoms with E-state index in [2.05, 4.69) is 5.10 Å². The number of benzene rings is 1. The van der Waals surface area contributed by atoms with Crippen LogP contribution in [0.4, 0.5) is 0 Å². The molecule has 0 radical (unpaired) electrons. The quantitative estimate of drug-likeness (QED) is 0.761. The monoisotopic (exact) mass is 265 g/mol. The van der Waals surface area contributed by atoms with Crippen molar-refractivity contribution in [3.8, 4) is 0 Å². The maximum Gasteiger partial charge on any atom is 0.203 e. The smallest absolute Gasteiger partial charge is 0.0934 e. The van der Waals surface area contributed by atoms with Gasteiger partial charge in [0.2, 0.25) is 6.20 Å². The number of aryl methyl sites for hydroxylation is 1. The van der Waals surface area contributed by atoms with E-state index in [0.29, 0.717) is 10.0 Å². The van der Waals surface area contributed by atoms with Gasteiger partial charge in [-0.15, -0.1) is 0 Å². The van der Waals surface area contributed by atoms with Crippen LogP contribution in [0.3, 0.4) is 0 Å². The van der Waals surface area contributed by atoms with E-state index in [0.717, 1.165) is 11.1 Å². The van der Waals surface area contributed by atoms with Crippen molar-refractivity contribution in [2.45, 2.75) is 0 Å². The predicted molar refractivity (Wildman–Crippen MR) is 70.8 cm³/mol. The van der Waals surface area contributed by atoms with Gasteiger partial charge >= 0.3 is 0 Å². The highest BCUT2D eigenvalue weighted by Gasteiger charge is 1.98. The van der Waals surface area contributed by atoms with E-state index in [1.165, 1.54) is 0 Å². The van der Waals surface area contributed by atoms with Gasteiger partial charge in [-0.3, -0.25) is 0 Å². The summed E-state index contributed by atoms with van der Waals surface area (Å²) in [5, 5.41) is 5.20. The molecule has 0 aliphatic carbocycles. The largest absolute Gasteiger partial charge is 0.203 e. The van der Waals surface area contributed by atoms with Gasteiger partial charge in [0.25, 0.3) is 0 Å². The molecule has 0 spiro atoms. The molecular formula is C13H11Cl2N2+. The van der Waals surface area contributed by atoms with Crippen LogP contribution in [0, 0.1) is 0 Å². The summed E-state index contributed by atoms with van der Waals surface area (Å²) < 4.78 is 1.76. The van der Waals surface area contributed by atoms with Gasteiger partial charge in [-0.05, 0) is 34.9 Å². The van der Waals surface area contributed by atoms with Crippen LogP contribution >= 0.6 is 23.2 Å². The van der Waals surface area contributed by atoms with Crippen molar-refractivity contribution in [2.75, 3.05) is 0 Å². The number of hydrogen-bond acceptors (Lipinski definition) is 1. The molecule has 17 heavy (non-hydrogen) atoms. The first-order valence-corrected chi connectivity index (χ1v) is 5.86. The lowest BCUT2D eigenvalue weighted by Crippen LogP contribution is -2.31. The van der Waals surface area contributed by atoms with Crippen molar-refractivity contribution in [3.05, 3.63) is 57.8 Å². The molecule has 2 rings (SSSR count). The van der Waals surface area contributed by atoms with E-state index in [4.69, 9.17) is 23.2 Å². The Labute approximate surface area is 110 Å². The molecule has 1 heterocycles. The van der Waals surface area contributed by atoms with Gasteiger partial charge in [-0.25, -0.2) is 0 Å². The maximum atomic E-state index is 5.94. The molecule has 0 aliphatic rings. The van der Waals surface area contributed by atoms with Gasteiger partial charge in [-0.2, -0.15) is 0 Å². The minimum absolute atomic E-state index is 0.564. The molecule has 0 fully saturated rings. The fourth-order valence-corrected chi connectivity index (χ4v) is 1.73. The lowest BCUT2D eigenvalue weighted by Gasteiger charge is -1.97. The Balaban J connectivity index is 2.23. The molecule has 0 saturated heterocycles. The van der Waals surface area contributed by atoms with Crippen LogP contribution in [0.5, 0.6) is 0 Å². The van der Waals surface area contributed by atoms with Crippen LogP contribution < -0.4 is 4.68 Å². The summed E-state index contributed by atoms with van der Waals surface area (Å²) in [6.45, 7) is 0. The van der Waals surface area contributed by atoms with Crippen molar-refractivity contribution in [1.82, 2.24) is 5.10 Å². The number of aromatic nitrogens is 2. The average Bonchev–Trinajstić information content (AvgIpc) is 2.31. The van der Waals surface area contributed by atoms with E-state index >= 15 is 0 Å². The van der Waals surface area contributed by atoms with Crippen LogP contribution in [0.2, 0.25) is 10.0 Å². The summed E-state index contributed by atoms with van der Waals surface area (Å²) in [7, 11) is 1.89. The van der Waals surface area contributed by atoms with E-state index in [-0.39, 0.29) is 0 Å². The first-order valence-electron chi connectivity index (χ1n) is 5.10. The molecule has 0 N–H and O–H groups in total. The molecule has 0 atom stereocenters. The molecule has 0 aliphatic heterocycles. The minimum Gasteiger partial charge on any atom is -0.0934 e. The summed E-state index contributed by atoms with van der Waals surface area (Å²) in [4.78, 5) is 0. The third kappa shape index (κ3) is 3.29. The van der Waals surface area contributed by atoms with Crippen LogP contribution in [-0.2, 0) is 7.05 Å². The SMILES string of the molecule is C[n+]1cc(/C=C/c2ccc(Cl)c(Cl)c2)ccn1. The summed E-state index contributed by atoms with van der Waals surface area (Å²) in [5.41, 5.74) is 2.09. The van der Waals surface area contributed by atoms with Crippen molar-refractivity contribution >= 4 is 35.4 Å². The van der Waals surface area contributed by atoms with Crippen molar-refractivity contribution < 1.29 is 4.68 Å². The maximum absolute atomic E-state index is 5.94. The molecule has 1 aromatic carbocycles. The molecule has 0 saturated carbocycles. The van der Waals surface area contributed by atoms with Crippen LogP contribution in [0.15, 0.2) is 36.7 Å². The molecule has 2 nitrogen and oxygen atoms in total. The fourth-order valence-electron chi connectivity index (χ4n) is 1.42. The molecule has 86 valence electrons. The fraction of sp³-hybridized carbons (Fsp3) is 0.0769. The standard InChI is InChI=1S/C13H11Cl2N2/c1-17-9-11(6-7-16-17)3-2-10-4-5-12(14)13(15)8-10/h2-9H,1H3/q+1/b3-2+. The Bertz CT molecular complexity index is 565. The van der Waals surface area contributed by atoms with Crippen molar-refractivity contribution in [3.63, 3.8) is 0 Å². The van der Waals surface area contributed by atoms with Gasteiger partial charge in [-0.1, -0.05) is 40.0 Å². The number of hydrogen-bond donors (Lipinski definition) is 0. The molecule has 1 aromatic heterocycles. The Morgan fingerprint density at radius 2 is 1.82 bits per heavy atom. The zero-order valence-corrected chi connectivity index (χ0v) is 10.8. The highest BCUT2D eigenvalue weighted by Crippen LogP contribution is 2.23. The minimum atomic E-state index is 0.564. The number of nitrogens with zero attached hydrogens (tertiary/aromatic N) is 2. The van der Waals surface area contributed by atoms with Crippen molar-refractivity contribution in [1.29, 1.82) is 0 Å². The third-order valence-electron chi connectivity index (χ3n) is 2.26. The highest BCUT2D eigenvalue weighted by atomic mass is 35.5. The van der Waals surface area contributed by atoms with E-state index in [1.54, 1.807) is 16.9 Å². The molecule has 4 heteroatoms. The third-order valence-corrected chi connectivity index (χ3v) is 3.00. The molecule has 0 bridgehead atoms. The second-order valence-corrected chi connectivity index (χ2v) is 4.46. The second kappa shape index (κ2) is 5.30. The first kappa shape index (κ1) is 12.1. The lowest BCUT2D eigenvalue weighted by molar-refractivity contribution is -0.731. The van der Waals surface area contributed by atoms with Gasteiger partial charge in [0.15, 0.2) is 7.05 Å². The topological polar surface area (TPSA) is 16.8 Å². The normalized spacial score (nSPS) is 11.0. The summed E-state index contributed by atoms with van der Waals surface area (Å²) in [6, 6.07) is 7.48. The predicted octanol–water partition coefficient (Wildman–Crippen LogP) is 3.38. The van der Waals surface area contributed by atoms with Gasteiger partial charge in [0, 0.05) is 5.56 Å². The molecule has 2 aromatic rings. The highest BCUT2D eigenvalue weighted by molar-refractivity contribution is 6.42. The van der Waals surface area contributed by atoms with Crippen LogP contribution in [-0.4, -0.2) is 5.10 Å². The van der Waals surface area contributed by atoms with Crippen LogP contribution in [0.1, 0.15) is 11.1 Å². The number of halogens is 2. The Morgan fingerprint density at radius 3 is 2.53 bits per heavy atom. The average molecular weight is 266 g/mol. The van der Waals surface area contributed by atoms with Gasteiger partial charge < -0.3 is 0 Å². The van der Waals surface area contributed by atoms with Gasteiger partial charge in [0.1, 0.15) is 0 Å². The summed E-state index contributed by atoms with van der Waals surface area (Å²) >= 11 is 11.8. The zero-order chi connectivity index (χ0) is 12.3. The Morgan fingerprint density at radius 1 is 1.06 bits per heavy atom. The summed E-state index contributed by atoms with van der Waals surface area (Å²) in [5.74, 6) is 0. The molecular weight excluding hydrogens is 255 g/mol. The number of rotatable bonds is 2. The molecule has 0 unspecified atom stereocenters. The zero-order valence-electron chi connectivity index (χ0n) is 9.27. The lowest BCUT2D eigenvalue weighted by atomic mass is 10.2. The Hall–Kier alpha value is -1.38. The molecule has 0 amide bonds. The van der Waals surface area contributed by atoms with Crippen LogP contribution in [0.25, 0.3) is 12.2 Å².